The van der Waals surface area contributed by atoms with Crippen LogP contribution in [0.3, 0.4) is 0 Å². The fourth-order valence-corrected chi connectivity index (χ4v) is 6.44. The summed E-state index contributed by atoms with van der Waals surface area (Å²) in [5.74, 6) is -0.408. The zero-order chi connectivity index (χ0) is 28.0. The van der Waals surface area contributed by atoms with Crippen molar-refractivity contribution in [3.8, 4) is 22.6 Å². The van der Waals surface area contributed by atoms with Gasteiger partial charge in [0, 0.05) is 11.1 Å². The predicted octanol–water partition coefficient (Wildman–Crippen LogP) is 4.94. The highest BCUT2D eigenvalue weighted by atomic mass is 32.2. The third-order valence-electron chi connectivity index (χ3n) is 6.29. The van der Waals surface area contributed by atoms with Crippen LogP contribution in [0.1, 0.15) is 11.4 Å². The molecule has 0 saturated carbocycles. The lowest BCUT2D eigenvalue weighted by molar-refractivity contribution is 0.447. The van der Waals surface area contributed by atoms with Crippen LogP contribution in [-0.4, -0.2) is 27.9 Å². The highest BCUT2D eigenvalue weighted by molar-refractivity contribution is 7.90. The lowest BCUT2D eigenvalue weighted by atomic mass is 10.1. The molecular formula is C28H20FN5O4S2. The SMILES string of the molecule is Cc1nn(-c2ccc(S(=O)(=O)/N=c3\scc(-c4ccccc4)n3-c3ccc(F)cc3)cc2)c(=O)c2c(C)noc12. The molecule has 6 rings (SSSR count). The highest BCUT2D eigenvalue weighted by Gasteiger charge is 2.19. The van der Waals surface area contributed by atoms with E-state index in [0.717, 1.165) is 16.9 Å². The number of thiazole rings is 1. The molecule has 0 bridgehead atoms. The largest absolute Gasteiger partial charge is 0.354 e. The van der Waals surface area contributed by atoms with Gasteiger partial charge < -0.3 is 4.52 Å². The third-order valence-corrected chi connectivity index (χ3v) is 8.51. The van der Waals surface area contributed by atoms with Crippen LogP contribution in [0.2, 0.25) is 0 Å². The second-order valence-electron chi connectivity index (χ2n) is 8.92. The first-order valence-corrected chi connectivity index (χ1v) is 14.3. The molecular weight excluding hydrogens is 553 g/mol. The van der Waals surface area contributed by atoms with Gasteiger partial charge in [0.2, 0.25) is 4.80 Å². The van der Waals surface area contributed by atoms with E-state index in [2.05, 4.69) is 14.7 Å². The number of aryl methyl sites for hydroxylation is 2. The Morgan fingerprint density at radius 1 is 0.900 bits per heavy atom. The minimum Gasteiger partial charge on any atom is -0.354 e. The van der Waals surface area contributed by atoms with E-state index in [-0.39, 0.29) is 9.70 Å². The van der Waals surface area contributed by atoms with Crippen LogP contribution in [0.15, 0.2) is 103 Å². The summed E-state index contributed by atoms with van der Waals surface area (Å²) in [7, 11) is -4.16. The first-order valence-electron chi connectivity index (χ1n) is 12.0. The molecule has 3 heterocycles. The van der Waals surface area contributed by atoms with E-state index in [1.165, 1.54) is 41.1 Å². The van der Waals surface area contributed by atoms with Crippen molar-refractivity contribution in [3.63, 3.8) is 0 Å². The minimum absolute atomic E-state index is 0.0661. The smallest absolute Gasteiger partial charge is 0.285 e. The van der Waals surface area contributed by atoms with E-state index in [1.54, 1.807) is 35.9 Å². The number of fused-ring (bicyclic) bond motifs is 1. The zero-order valence-corrected chi connectivity index (χ0v) is 22.8. The van der Waals surface area contributed by atoms with Crippen LogP contribution >= 0.6 is 11.3 Å². The Bertz CT molecular complexity index is 2110. The van der Waals surface area contributed by atoms with Crippen LogP contribution < -0.4 is 10.4 Å². The van der Waals surface area contributed by atoms with Crippen molar-refractivity contribution >= 4 is 32.3 Å². The first-order chi connectivity index (χ1) is 19.2. The summed E-state index contributed by atoms with van der Waals surface area (Å²) in [6.45, 7) is 3.36. The first kappa shape index (κ1) is 25.6. The van der Waals surface area contributed by atoms with Crippen molar-refractivity contribution in [2.75, 3.05) is 0 Å². The topological polar surface area (TPSA) is 112 Å². The van der Waals surface area contributed by atoms with E-state index in [9.17, 15) is 17.6 Å². The third kappa shape index (κ3) is 4.46. The highest BCUT2D eigenvalue weighted by Crippen LogP contribution is 2.24. The molecule has 0 spiro atoms. The number of rotatable bonds is 5. The second kappa shape index (κ2) is 9.81. The lowest BCUT2D eigenvalue weighted by Gasteiger charge is -2.09. The Morgan fingerprint density at radius 2 is 1.57 bits per heavy atom. The maximum atomic E-state index is 13.7. The normalized spacial score (nSPS) is 12.3. The van der Waals surface area contributed by atoms with E-state index >= 15 is 0 Å². The summed E-state index contributed by atoms with van der Waals surface area (Å²) in [5, 5.41) is 10.3. The number of sulfonamides is 1. The van der Waals surface area contributed by atoms with Gasteiger partial charge in [-0.05, 0) is 67.9 Å². The molecule has 9 nitrogen and oxygen atoms in total. The van der Waals surface area contributed by atoms with Crippen LogP contribution in [0.4, 0.5) is 4.39 Å². The number of hydrogen-bond donors (Lipinski definition) is 0. The molecule has 0 unspecified atom stereocenters. The lowest BCUT2D eigenvalue weighted by Crippen LogP contribution is -2.22. The van der Waals surface area contributed by atoms with Gasteiger partial charge in [0.25, 0.3) is 15.6 Å². The molecule has 0 aliphatic heterocycles. The van der Waals surface area contributed by atoms with E-state index in [1.807, 2.05) is 30.3 Å². The standard InChI is InChI=1S/C28H20FN5O4S2/c1-17-25-26(38-31-17)18(2)30-34(27(25)35)22-12-14-23(15-13-22)40(36,37)32-28-33(21-10-8-20(29)9-11-21)24(16-39-28)19-6-4-3-5-7-19/h3-16H,1-2H3/b32-28-. The van der Waals surface area contributed by atoms with Crippen molar-refractivity contribution in [2.45, 2.75) is 18.7 Å². The van der Waals surface area contributed by atoms with Gasteiger partial charge in [-0.3, -0.25) is 9.36 Å². The number of hydrogen-bond acceptors (Lipinski definition) is 7. The Balaban J connectivity index is 1.44. The number of halogens is 1. The van der Waals surface area contributed by atoms with E-state index in [0.29, 0.717) is 39.4 Å². The molecule has 6 aromatic rings. The van der Waals surface area contributed by atoms with Gasteiger partial charge in [0.15, 0.2) is 5.58 Å². The van der Waals surface area contributed by atoms with Crippen LogP contribution in [0, 0.1) is 19.7 Å². The van der Waals surface area contributed by atoms with Gasteiger partial charge in [-0.15, -0.1) is 15.7 Å². The molecule has 0 fully saturated rings. The Morgan fingerprint density at radius 3 is 2.27 bits per heavy atom. The Kier molecular flexibility index (Phi) is 6.28. The molecule has 12 heteroatoms. The van der Waals surface area contributed by atoms with Gasteiger partial charge in [-0.2, -0.15) is 18.2 Å². The molecule has 200 valence electrons. The second-order valence-corrected chi connectivity index (χ2v) is 11.4. The fourth-order valence-electron chi connectivity index (χ4n) is 4.33. The number of nitrogens with zero attached hydrogens (tertiary/aromatic N) is 5. The average Bonchev–Trinajstić information content (AvgIpc) is 3.55. The Labute approximate surface area is 231 Å². The van der Waals surface area contributed by atoms with Crippen LogP contribution in [0.25, 0.3) is 33.6 Å². The Hall–Kier alpha value is -4.68. The summed E-state index contributed by atoms with van der Waals surface area (Å²) in [6, 6.07) is 20.9. The molecule has 0 radical (unpaired) electrons. The van der Waals surface area contributed by atoms with Gasteiger partial charge in [0.05, 0.1) is 22.0 Å². The molecule has 0 saturated heterocycles. The minimum atomic E-state index is -4.16. The molecule has 0 amide bonds. The van der Waals surface area contributed by atoms with E-state index in [4.69, 9.17) is 4.52 Å². The van der Waals surface area contributed by atoms with Crippen molar-refractivity contribution in [3.05, 3.63) is 117 Å². The molecule has 0 N–H and O–H groups in total. The maximum Gasteiger partial charge on any atom is 0.285 e. The summed E-state index contributed by atoms with van der Waals surface area (Å²) < 4.78 is 52.7. The van der Waals surface area contributed by atoms with Crippen molar-refractivity contribution in [2.24, 2.45) is 4.40 Å². The van der Waals surface area contributed by atoms with Crippen molar-refractivity contribution in [1.29, 1.82) is 0 Å². The van der Waals surface area contributed by atoms with Crippen LogP contribution in [0.5, 0.6) is 0 Å². The number of aromatic nitrogens is 4. The summed E-state index contributed by atoms with van der Waals surface area (Å²) in [4.78, 5) is 13.2. The summed E-state index contributed by atoms with van der Waals surface area (Å²) >= 11 is 1.15. The molecule has 40 heavy (non-hydrogen) atoms. The van der Waals surface area contributed by atoms with E-state index < -0.39 is 21.4 Å². The summed E-state index contributed by atoms with van der Waals surface area (Å²) in [6.07, 6.45) is 0. The summed E-state index contributed by atoms with van der Waals surface area (Å²) in [5.41, 5.74) is 3.30. The number of benzene rings is 3. The molecule has 0 atom stereocenters. The van der Waals surface area contributed by atoms with Gasteiger partial charge in [0.1, 0.15) is 16.9 Å². The monoisotopic (exact) mass is 573 g/mol. The fraction of sp³-hybridized carbons (Fsp3) is 0.0714. The predicted molar refractivity (Wildman–Crippen MR) is 149 cm³/mol. The van der Waals surface area contributed by atoms with Gasteiger partial charge in [-0.25, -0.2) is 4.39 Å². The maximum absolute atomic E-state index is 13.7. The average molecular weight is 574 g/mol. The van der Waals surface area contributed by atoms with Crippen LogP contribution in [-0.2, 0) is 10.0 Å². The molecule has 0 aliphatic rings. The van der Waals surface area contributed by atoms with Gasteiger partial charge in [-0.1, -0.05) is 35.5 Å². The quantitative estimate of drug-likeness (QED) is 0.289. The molecule has 3 aromatic heterocycles. The molecule has 0 aliphatic carbocycles. The van der Waals surface area contributed by atoms with Crippen molar-refractivity contribution < 1.29 is 17.3 Å². The zero-order valence-electron chi connectivity index (χ0n) is 21.1. The van der Waals surface area contributed by atoms with Gasteiger partial charge >= 0.3 is 0 Å². The molecule has 3 aromatic carbocycles. The van der Waals surface area contributed by atoms with Crippen molar-refractivity contribution in [1.82, 2.24) is 19.5 Å².